The van der Waals surface area contributed by atoms with Crippen molar-refractivity contribution in [1.29, 1.82) is 0 Å². The molecule has 1 aliphatic rings. The highest BCUT2D eigenvalue weighted by atomic mass is 32.2. The molecule has 1 aromatic rings. The summed E-state index contributed by atoms with van der Waals surface area (Å²) in [6.07, 6.45) is 2.30. The zero-order chi connectivity index (χ0) is 13.9. The Morgan fingerprint density at radius 2 is 2.37 bits per heavy atom. The van der Waals surface area contributed by atoms with Crippen molar-refractivity contribution in [3.63, 3.8) is 0 Å². The van der Waals surface area contributed by atoms with Crippen molar-refractivity contribution in [3.8, 4) is 0 Å². The van der Waals surface area contributed by atoms with E-state index in [0.29, 0.717) is 23.7 Å². The molecule has 0 saturated carbocycles. The lowest BCUT2D eigenvalue weighted by Gasteiger charge is -2.36. The van der Waals surface area contributed by atoms with Crippen LogP contribution in [0, 0.1) is 0 Å². The van der Waals surface area contributed by atoms with Crippen LogP contribution in [0.5, 0.6) is 0 Å². The molecule has 0 radical (unpaired) electrons. The average molecular weight is 300 g/mol. The molecule has 19 heavy (non-hydrogen) atoms. The lowest BCUT2D eigenvalue weighted by Crippen LogP contribution is -2.48. The first-order chi connectivity index (χ1) is 9.10. The number of sulfone groups is 1. The van der Waals surface area contributed by atoms with E-state index in [2.05, 4.69) is 4.98 Å². The zero-order valence-corrected chi connectivity index (χ0v) is 12.3. The number of hydrogen-bond donors (Lipinski definition) is 0. The van der Waals surface area contributed by atoms with E-state index in [1.807, 2.05) is 0 Å². The molecular formula is C12H16N2O3S2. The second kappa shape index (κ2) is 5.92. The Morgan fingerprint density at radius 1 is 1.58 bits per heavy atom. The summed E-state index contributed by atoms with van der Waals surface area (Å²) in [4.78, 5) is 17.0. The van der Waals surface area contributed by atoms with Gasteiger partial charge in [0.25, 0.3) is 0 Å². The number of carbonyl (C=O) groups is 1. The van der Waals surface area contributed by atoms with Crippen molar-refractivity contribution in [2.75, 3.05) is 28.7 Å². The number of nitrogens with zero attached hydrogens (tertiary/aromatic N) is 2. The number of rotatable bonds is 4. The lowest BCUT2D eigenvalue weighted by atomic mass is 10.2. The molecule has 1 aromatic heterocycles. The summed E-state index contributed by atoms with van der Waals surface area (Å²) in [5.41, 5.74) is 0.436. The Labute approximate surface area is 117 Å². The molecule has 1 saturated heterocycles. The molecule has 0 aliphatic carbocycles. The first kappa shape index (κ1) is 14.3. The van der Waals surface area contributed by atoms with Crippen LogP contribution in [0.2, 0.25) is 0 Å². The minimum atomic E-state index is -3.19. The van der Waals surface area contributed by atoms with Gasteiger partial charge in [0.1, 0.15) is 11.2 Å². The highest BCUT2D eigenvalue weighted by Gasteiger charge is 2.34. The number of hydrogen-bond acceptors (Lipinski definition) is 6. The maximum atomic E-state index is 12.2. The van der Waals surface area contributed by atoms with Gasteiger partial charge < -0.3 is 4.90 Å². The minimum absolute atomic E-state index is 0.0952. The van der Waals surface area contributed by atoms with Crippen molar-refractivity contribution in [1.82, 2.24) is 4.98 Å². The molecule has 1 unspecified atom stereocenters. The third kappa shape index (κ3) is 2.92. The molecule has 1 atom stereocenters. The van der Waals surface area contributed by atoms with Gasteiger partial charge in [0.15, 0.2) is 16.1 Å². The van der Waals surface area contributed by atoms with Crippen LogP contribution in [0.25, 0.3) is 0 Å². The molecule has 0 spiro atoms. The number of pyridine rings is 1. The second-order valence-corrected chi connectivity index (χ2v) is 7.81. The molecule has 0 aromatic carbocycles. The van der Waals surface area contributed by atoms with E-state index in [-0.39, 0.29) is 5.75 Å². The second-order valence-electron chi connectivity index (χ2n) is 4.21. The third-order valence-corrected chi connectivity index (χ3v) is 6.41. The van der Waals surface area contributed by atoms with E-state index in [1.54, 1.807) is 41.9 Å². The normalized spacial score (nSPS) is 20.3. The SMILES string of the molecule is CCS(=O)(=O)C1CSCCN1c1ncccc1C=O. The topological polar surface area (TPSA) is 67.3 Å². The van der Waals surface area contributed by atoms with E-state index >= 15 is 0 Å². The fourth-order valence-electron chi connectivity index (χ4n) is 2.05. The summed E-state index contributed by atoms with van der Waals surface area (Å²) in [5.74, 6) is 1.92. The first-order valence-electron chi connectivity index (χ1n) is 6.06. The van der Waals surface area contributed by atoms with Crippen LogP contribution in [-0.4, -0.2) is 48.9 Å². The van der Waals surface area contributed by atoms with E-state index in [4.69, 9.17) is 0 Å². The summed E-state index contributed by atoms with van der Waals surface area (Å²) in [7, 11) is -3.19. The van der Waals surface area contributed by atoms with E-state index < -0.39 is 15.2 Å². The van der Waals surface area contributed by atoms with Crippen LogP contribution in [-0.2, 0) is 9.84 Å². The third-order valence-electron chi connectivity index (χ3n) is 3.12. The highest BCUT2D eigenvalue weighted by Crippen LogP contribution is 2.27. The maximum absolute atomic E-state index is 12.2. The van der Waals surface area contributed by atoms with Crippen molar-refractivity contribution in [3.05, 3.63) is 23.9 Å². The average Bonchev–Trinajstić information content (AvgIpc) is 2.47. The number of aromatic nitrogens is 1. The zero-order valence-electron chi connectivity index (χ0n) is 10.7. The van der Waals surface area contributed by atoms with E-state index in [1.165, 1.54) is 0 Å². The highest BCUT2D eigenvalue weighted by molar-refractivity contribution is 8.01. The predicted molar refractivity (Wildman–Crippen MR) is 77.5 cm³/mol. The first-order valence-corrected chi connectivity index (χ1v) is 8.93. The Balaban J connectivity index is 2.42. The molecular weight excluding hydrogens is 284 g/mol. The van der Waals surface area contributed by atoms with Gasteiger partial charge in [-0.25, -0.2) is 13.4 Å². The molecule has 0 N–H and O–H groups in total. The standard InChI is InChI=1S/C12H16N2O3S2/c1-2-19(16,17)11-9-18-7-6-14(11)12-10(8-15)4-3-5-13-12/h3-5,8,11H,2,6-7,9H2,1H3. The Hall–Kier alpha value is -1.08. The van der Waals surface area contributed by atoms with Crippen LogP contribution in [0.15, 0.2) is 18.3 Å². The number of aldehydes is 1. The molecule has 2 rings (SSSR count). The van der Waals surface area contributed by atoms with Crippen LogP contribution in [0.1, 0.15) is 17.3 Å². The van der Waals surface area contributed by atoms with Crippen LogP contribution in [0.3, 0.4) is 0 Å². The minimum Gasteiger partial charge on any atom is -0.338 e. The van der Waals surface area contributed by atoms with Crippen molar-refractivity contribution in [2.45, 2.75) is 12.3 Å². The van der Waals surface area contributed by atoms with Crippen LogP contribution >= 0.6 is 11.8 Å². The van der Waals surface area contributed by atoms with E-state index in [0.717, 1.165) is 12.0 Å². The Morgan fingerprint density at radius 3 is 3.05 bits per heavy atom. The Bertz CT molecular complexity index is 560. The Kier molecular flexibility index (Phi) is 4.46. The fourth-order valence-corrected chi connectivity index (χ4v) is 5.02. The molecule has 0 bridgehead atoms. The van der Waals surface area contributed by atoms with Gasteiger partial charge in [-0.15, -0.1) is 0 Å². The van der Waals surface area contributed by atoms with Gasteiger partial charge in [-0.3, -0.25) is 4.79 Å². The fraction of sp³-hybridized carbons (Fsp3) is 0.500. The molecule has 5 nitrogen and oxygen atoms in total. The smallest absolute Gasteiger partial charge is 0.171 e. The van der Waals surface area contributed by atoms with Gasteiger partial charge >= 0.3 is 0 Å². The molecule has 104 valence electrons. The van der Waals surface area contributed by atoms with Gasteiger partial charge in [-0.1, -0.05) is 6.92 Å². The van der Waals surface area contributed by atoms with Crippen LogP contribution < -0.4 is 4.90 Å². The van der Waals surface area contributed by atoms with Crippen molar-refractivity contribution >= 4 is 33.7 Å². The van der Waals surface area contributed by atoms with Crippen molar-refractivity contribution < 1.29 is 13.2 Å². The maximum Gasteiger partial charge on any atom is 0.171 e. The summed E-state index contributed by atoms with van der Waals surface area (Å²) < 4.78 is 24.3. The summed E-state index contributed by atoms with van der Waals surface area (Å²) in [5, 5.41) is -0.593. The summed E-state index contributed by atoms with van der Waals surface area (Å²) in [6.45, 7) is 2.23. The largest absolute Gasteiger partial charge is 0.338 e. The van der Waals surface area contributed by atoms with Gasteiger partial charge in [0.2, 0.25) is 0 Å². The summed E-state index contributed by atoms with van der Waals surface area (Å²) >= 11 is 1.62. The van der Waals surface area contributed by atoms with Gasteiger partial charge in [0, 0.05) is 30.0 Å². The number of carbonyl (C=O) groups excluding carboxylic acids is 1. The van der Waals surface area contributed by atoms with Gasteiger partial charge in [-0.05, 0) is 12.1 Å². The number of thioether (sulfide) groups is 1. The molecule has 7 heteroatoms. The number of anilines is 1. The van der Waals surface area contributed by atoms with Crippen LogP contribution in [0.4, 0.5) is 5.82 Å². The van der Waals surface area contributed by atoms with Gasteiger partial charge in [-0.2, -0.15) is 11.8 Å². The lowest BCUT2D eigenvalue weighted by molar-refractivity contribution is 0.112. The van der Waals surface area contributed by atoms with Crippen molar-refractivity contribution in [2.24, 2.45) is 0 Å². The molecule has 1 fully saturated rings. The van der Waals surface area contributed by atoms with E-state index in [9.17, 15) is 13.2 Å². The van der Waals surface area contributed by atoms with Gasteiger partial charge in [0.05, 0.1) is 5.56 Å². The molecule has 0 amide bonds. The molecule has 1 aliphatic heterocycles. The quantitative estimate of drug-likeness (QED) is 0.779. The molecule has 2 heterocycles. The summed E-state index contributed by atoms with van der Waals surface area (Å²) in [6, 6.07) is 3.34. The predicted octanol–water partition coefficient (Wildman–Crippen LogP) is 1.21. The monoisotopic (exact) mass is 300 g/mol.